The molecule has 0 spiro atoms. The molecule has 158 valence electrons. The number of thioether (sulfide) groups is 1. The topological polar surface area (TPSA) is 43.2 Å². The molecule has 0 aliphatic carbocycles. The molecule has 0 unspecified atom stereocenters. The van der Waals surface area contributed by atoms with Gasteiger partial charge in [0, 0.05) is 17.5 Å². The molecule has 1 atom stereocenters. The van der Waals surface area contributed by atoms with Gasteiger partial charge in [-0.2, -0.15) is 0 Å². The fourth-order valence-corrected chi connectivity index (χ4v) is 5.08. The van der Waals surface area contributed by atoms with Gasteiger partial charge in [0.25, 0.3) is 0 Å². The fourth-order valence-electron chi connectivity index (χ4n) is 4.09. The van der Waals surface area contributed by atoms with E-state index in [9.17, 15) is 0 Å². The molecule has 0 saturated carbocycles. The van der Waals surface area contributed by atoms with Crippen molar-refractivity contribution in [1.29, 1.82) is 0 Å². The van der Waals surface area contributed by atoms with Gasteiger partial charge in [-0.05, 0) is 64.0 Å². The van der Waals surface area contributed by atoms with Gasteiger partial charge in [-0.1, -0.05) is 48.0 Å². The van der Waals surface area contributed by atoms with E-state index < -0.39 is 0 Å². The fraction of sp³-hybridized carbons (Fsp3) is 0.417. The number of likely N-dealkylation sites (tertiary alicyclic amines) is 1. The molecule has 0 amide bonds. The van der Waals surface area contributed by atoms with E-state index in [0.29, 0.717) is 6.04 Å². The van der Waals surface area contributed by atoms with Crippen molar-refractivity contribution in [3.8, 4) is 22.8 Å². The molecule has 1 aromatic heterocycles. The van der Waals surface area contributed by atoms with Crippen LogP contribution in [0.4, 0.5) is 0 Å². The summed E-state index contributed by atoms with van der Waals surface area (Å²) >= 11 is 1.79. The second-order valence-corrected chi connectivity index (χ2v) is 9.01. The molecule has 5 nitrogen and oxygen atoms in total. The lowest BCUT2D eigenvalue weighted by molar-refractivity contribution is 0.182. The van der Waals surface area contributed by atoms with Gasteiger partial charge in [0.2, 0.25) is 0 Å². The number of hydrogen-bond acceptors (Lipinski definition) is 5. The Bertz CT molecular complexity index is 970. The van der Waals surface area contributed by atoms with Gasteiger partial charge < -0.3 is 9.64 Å². The first-order chi connectivity index (χ1) is 14.7. The van der Waals surface area contributed by atoms with Crippen LogP contribution in [0.5, 0.6) is 5.75 Å². The van der Waals surface area contributed by atoms with Crippen LogP contribution in [0.1, 0.15) is 31.2 Å². The molecule has 1 fully saturated rings. The number of aromatic nitrogens is 3. The zero-order valence-electron chi connectivity index (χ0n) is 18.0. The molecule has 4 rings (SSSR count). The minimum absolute atomic E-state index is 0.677. The number of benzene rings is 2. The van der Waals surface area contributed by atoms with E-state index in [-0.39, 0.29) is 0 Å². The van der Waals surface area contributed by atoms with Gasteiger partial charge in [-0.15, -0.1) is 10.2 Å². The van der Waals surface area contributed by atoms with E-state index in [1.165, 1.54) is 37.8 Å². The highest BCUT2D eigenvalue weighted by Gasteiger charge is 2.21. The third-order valence-corrected chi connectivity index (χ3v) is 6.84. The number of para-hydroxylation sites is 1. The summed E-state index contributed by atoms with van der Waals surface area (Å²) in [6.07, 6.45) is 5.14. The summed E-state index contributed by atoms with van der Waals surface area (Å²) < 4.78 is 7.76. The first kappa shape index (κ1) is 20.9. The van der Waals surface area contributed by atoms with Crippen LogP contribution in [0, 0.1) is 6.92 Å². The Balaban J connectivity index is 1.63. The van der Waals surface area contributed by atoms with Gasteiger partial charge in [0.1, 0.15) is 5.75 Å². The second-order valence-electron chi connectivity index (χ2n) is 7.94. The Hall–Kier alpha value is -2.31. The lowest BCUT2D eigenvalue weighted by Crippen LogP contribution is -2.36. The average molecular weight is 423 g/mol. The Labute approximate surface area is 183 Å². The Morgan fingerprint density at radius 2 is 1.87 bits per heavy atom. The number of methoxy groups -OCH3 is 1. The largest absolute Gasteiger partial charge is 0.496 e. The van der Waals surface area contributed by atoms with Crippen LogP contribution in [0.15, 0.2) is 53.7 Å². The predicted molar refractivity (Wildman–Crippen MR) is 124 cm³/mol. The molecule has 1 aliphatic rings. The van der Waals surface area contributed by atoms with Crippen molar-refractivity contribution >= 4 is 11.8 Å². The zero-order valence-corrected chi connectivity index (χ0v) is 18.9. The molecule has 0 radical (unpaired) electrons. The highest BCUT2D eigenvalue weighted by molar-refractivity contribution is 7.99. The molecule has 2 aromatic carbocycles. The number of aryl methyl sites for hydroxylation is 1. The van der Waals surface area contributed by atoms with E-state index >= 15 is 0 Å². The number of nitrogens with zero attached hydrogens (tertiary/aromatic N) is 4. The van der Waals surface area contributed by atoms with Crippen molar-refractivity contribution in [2.45, 2.75) is 43.8 Å². The third kappa shape index (κ3) is 4.55. The molecular weight excluding hydrogens is 392 g/mol. The Kier molecular flexibility index (Phi) is 6.75. The summed E-state index contributed by atoms with van der Waals surface area (Å²) in [6.45, 7) is 3.32. The van der Waals surface area contributed by atoms with Crippen LogP contribution >= 0.6 is 11.8 Å². The van der Waals surface area contributed by atoms with Crippen molar-refractivity contribution in [2.75, 3.05) is 26.5 Å². The highest BCUT2D eigenvalue weighted by atomic mass is 32.2. The minimum atomic E-state index is 0.677. The molecule has 30 heavy (non-hydrogen) atoms. The SMILES string of the molecule is COc1ccccc1-c1nnc(SCC[C@@H]2CCCCN2C)n1-c1ccc(C)cc1. The quantitative estimate of drug-likeness (QED) is 0.489. The van der Waals surface area contributed by atoms with E-state index in [2.05, 4.69) is 57.9 Å². The van der Waals surface area contributed by atoms with Crippen LogP contribution in [0.2, 0.25) is 0 Å². The van der Waals surface area contributed by atoms with Gasteiger partial charge in [-0.25, -0.2) is 0 Å². The Morgan fingerprint density at radius 1 is 1.07 bits per heavy atom. The predicted octanol–water partition coefficient (Wildman–Crippen LogP) is 5.22. The Morgan fingerprint density at radius 3 is 2.63 bits per heavy atom. The molecule has 2 heterocycles. The molecule has 0 bridgehead atoms. The van der Waals surface area contributed by atoms with Gasteiger partial charge >= 0.3 is 0 Å². The normalized spacial score (nSPS) is 17.2. The first-order valence-electron chi connectivity index (χ1n) is 10.7. The first-order valence-corrected chi connectivity index (χ1v) is 11.6. The second kappa shape index (κ2) is 9.67. The summed E-state index contributed by atoms with van der Waals surface area (Å²) in [4.78, 5) is 2.51. The molecule has 1 saturated heterocycles. The summed E-state index contributed by atoms with van der Waals surface area (Å²) in [7, 11) is 3.95. The van der Waals surface area contributed by atoms with Gasteiger partial charge in [-0.3, -0.25) is 4.57 Å². The average Bonchev–Trinajstić information content (AvgIpc) is 3.19. The summed E-state index contributed by atoms with van der Waals surface area (Å²) in [5, 5.41) is 10.1. The summed E-state index contributed by atoms with van der Waals surface area (Å²) in [6, 6.07) is 17.2. The van der Waals surface area contributed by atoms with Crippen molar-refractivity contribution in [3.63, 3.8) is 0 Å². The van der Waals surface area contributed by atoms with E-state index in [1.807, 2.05) is 24.3 Å². The maximum atomic E-state index is 5.60. The maximum Gasteiger partial charge on any atom is 0.196 e. The van der Waals surface area contributed by atoms with E-state index in [4.69, 9.17) is 4.74 Å². The standard InChI is InChI=1S/C24H30N4OS/c1-18-11-13-20(14-12-18)28-23(21-9-4-5-10-22(21)29-3)25-26-24(28)30-17-15-19-8-6-7-16-27(19)2/h4-5,9-14,19H,6-8,15-17H2,1-3H3/t19-/m0/s1. The number of hydrogen-bond donors (Lipinski definition) is 0. The highest BCUT2D eigenvalue weighted by Crippen LogP contribution is 2.33. The lowest BCUT2D eigenvalue weighted by Gasteiger charge is -2.32. The van der Waals surface area contributed by atoms with Gasteiger partial charge in [0.05, 0.1) is 12.7 Å². The molecule has 1 aliphatic heterocycles. The van der Waals surface area contributed by atoms with Crippen molar-refractivity contribution in [3.05, 3.63) is 54.1 Å². The smallest absolute Gasteiger partial charge is 0.196 e. The minimum Gasteiger partial charge on any atom is -0.496 e. The zero-order chi connectivity index (χ0) is 20.9. The number of ether oxygens (including phenoxy) is 1. The molecule has 3 aromatic rings. The monoisotopic (exact) mass is 422 g/mol. The third-order valence-electron chi connectivity index (χ3n) is 5.88. The molecular formula is C24H30N4OS. The van der Waals surface area contributed by atoms with Crippen molar-refractivity contribution in [1.82, 2.24) is 19.7 Å². The molecule has 6 heteroatoms. The van der Waals surface area contributed by atoms with Gasteiger partial charge in [0.15, 0.2) is 11.0 Å². The van der Waals surface area contributed by atoms with Crippen molar-refractivity contribution < 1.29 is 4.74 Å². The van der Waals surface area contributed by atoms with E-state index in [1.54, 1.807) is 18.9 Å². The summed E-state index contributed by atoms with van der Waals surface area (Å²) in [5.74, 6) is 2.65. The summed E-state index contributed by atoms with van der Waals surface area (Å²) in [5.41, 5.74) is 3.26. The number of rotatable bonds is 7. The lowest BCUT2D eigenvalue weighted by atomic mass is 10.0. The van der Waals surface area contributed by atoms with Crippen LogP contribution in [-0.2, 0) is 0 Å². The van der Waals surface area contributed by atoms with Crippen LogP contribution < -0.4 is 4.74 Å². The van der Waals surface area contributed by atoms with E-state index in [0.717, 1.165) is 33.7 Å². The van der Waals surface area contributed by atoms with Crippen LogP contribution in [0.25, 0.3) is 17.1 Å². The van der Waals surface area contributed by atoms with Crippen LogP contribution in [-0.4, -0.2) is 52.2 Å². The maximum absolute atomic E-state index is 5.60. The van der Waals surface area contributed by atoms with Crippen LogP contribution in [0.3, 0.4) is 0 Å². The van der Waals surface area contributed by atoms with Crippen molar-refractivity contribution in [2.24, 2.45) is 0 Å². The number of piperidine rings is 1. The molecule has 0 N–H and O–H groups in total.